The van der Waals surface area contributed by atoms with Crippen LogP contribution in [0.2, 0.25) is 0 Å². The average Bonchev–Trinajstić information content (AvgIpc) is 2.79. The Morgan fingerprint density at radius 3 is 2.67 bits per heavy atom. The van der Waals surface area contributed by atoms with Crippen LogP contribution in [0.25, 0.3) is 0 Å². The van der Waals surface area contributed by atoms with Crippen LogP contribution in [0.1, 0.15) is 38.8 Å². The van der Waals surface area contributed by atoms with E-state index in [4.69, 9.17) is 9.47 Å². The molecule has 0 bridgehead atoms. The van der Waals surface area contributed by atoms with E-state index in [0.717, 1.165) is 5.56 Å². The summed E-state index contributed by atoms with van der Waals surface area (Å²) in [6.07, 6.45) is -0.109. The fraction of sp³-hybridized carbons (Fsp3) is 0.500. The monoisotopic (exact) mass is 291 g/mol. The summed E-state index contributed by atoms with van der Waals surface area (Å²) in [7, 11) is 1.57. The van der Waals surface area contributed by atoms with E-state index in [1.165, 1.54) is 4.90 Å². The molecule has 1 aliphatic heterocycles. The van der Waals surface area contributed by atoms with Crippen LogP contribution >= 0.6 is 0 Å². The zero-order valence-electron chi connectivity index (χ0n) is 12.9. The molecule has 1 atom stereocenters. The summed E-state index contributed by atoms with van der Waals surface area (Å²) in [5, 5.41) is 0. The van der Waals surface area contributed by atoms with Gasteiger partial charge in [-0.15, -0.1) is 0 Å². The minimum atomic E-state index is -0.588. The van der Waals surface area contributed by atoms with Crippen LogP contribution < -0.4 is 4.74 Å². The van der Waals surface area contributed by atoms with E-state index in [-0.39, 0.29) is 5.78 Å². The third-order valence-electron chi connectivity index (χ3n) is 3.25. The highest BCUT2D eigenvalue weighted by Crippen LogP contribution is 2.32. The van der Waals surface area contributed by atoms with Crippen LogP contribution in [0.15, 0.2) is 24.3 Å². The number of methoxy groups -OCH3 is 1. The first-order valence-electron chi connectivity index (χ1n) is 6.98. The van der Waals surface area contributed by atoms with Gasteiger partial charge < -0.3 is 9.47 Å². The number of ether oxygens (including phenoxy) is 2. The number of hydrogen-bond acceptors (Lipinski definition) is 4. The van der Waals surface area contributed by atoms with Gasteiger partial charge in [-0.1, -0.05) is 12.1 Å². The first kappa shape index (κ1) is 15.4. The van der Waals surface area contributed by atoms with E-state index in [0.29, 0.717) is 18.7 Å². The molecule has 2 rings (SSSR count). The number of hydrogen-bond donors (Lipinski definition) is 0. The average molecular weight is 291 g/mol. The summed E-state index contributed by atoms with van der Waals surface area (Å²) in [5.74, 6) is 0.686. The maximum Gasteiger partial charge on any atom is 0.411 e. The maximum absolute atomic E-state index is 12.3. The molecule has 0 saturated carbocycles. The summed E-state index contributed by atoms with van der Waals surface area (Å²) in [4.78, 5) is 25.9. The summed E-state index contributed by atoms with van der Waals surface area (Å²) >= 11 is 0. The SMILES string of the molecule is COc1cccc(C2C(=O)CCN2C(=O)OC(C)(C)C)c1. The van der Waals surface area contributed by atoms with Crippen molar-refractivity contribution in [2.75, 3.05) is 13.7 Å². The van der Waals surface area contributed by atoms with Crippen molar-refractivity contribution in [3.63, 3.8) is 0 Å². The summed E-state index contributed by atoms with van der Waals surface area (Å²) in [5.41, 5.74) is 0.171. The van der Waals surface area contributed by atoms with Crippen LogP contribution in [0.3, 0.4) is 0 Å². The lowest BCUT2D eigenvalue weighted by molar-refractivity contribution is -0.120. The van der Waals surface area contributed by atoms with Crippen LogP contribution in [0.5, 0.6) is 5.75 Å². The number of amides is 1. The Labute approximate surface area is 124 Å². The van der Waals surface area contributed by atoms with Crippen molar-refractivity contribution in [2.45, 2.75) is 38.8 Å². The van der Waals surface area contributed by atoms with Crippen LogP contribution in [-0.2, 0) is 9.53 Å². The van der Waals surface area contributed by atoms with Gasteiger partial charge in [-0.05, 0) is 38.5 Å². The second-order valence-corrected chi connectivity index (χ2v) is 6.07. The molecule has 1 aromatic rings. The lowest BCUT2D eigenvalue weighted by Gasteiger charge is -2.28. The molecule has 1 unspecified atom stereocenters. The van der Waals surface area contributed by atoms with Gasteiger partial charge in [0, 0.05) is 13.0 Å². The minimum Gasteiger partial charge on any atom is -0.497 e. The highest BCUT2D eigenvalue weighted by atomic mass is 16.6. The maximum atomic E-state index is 12.3. The van der Waals surface area contributed by atoms with Crippen molar-refractivity contribution in [1.29, 1.82) is 0 Å². The van der Waals surface area contributed by atoms with Gasteiger partial charge in [-0.3, -0.25) is 9.69 Å². The molecule has 0 spiro atoms. The number of rotatable bonds is 2. The van der Waals surface area contributed by atoms with Gasteiger partial charge in [-0.2, -0.15) is 0 Å². The highest BCUT2D eigenvalue weighted by molar-refractivity contribution is 5.91. The number of carbonyl (C=O) groups is 2. The van der Waals surface area contributed by atoms with Gasteiger partial charge in [0.15, 0.2) is 5.78 Å². The molecule has 1 aliphatic rings. The van der Waals surface area contributed by atoms with Crippen molar-refractivity contribution in [3.05, 3.63) is 29.8 Å². The fourth-order valence-electron chi connectivity index (χ4n) is 2.36. The van der Waals surface area contributed by atoms with E-state index in [9.17, 15) is 9.59 Å². The molecule has 0 aromatic heterocycles. The highest BCUT2D eigenvalue weighted by Gasteiger charge is 2.39. The molecule has 0 N–H and O–H groups in total. The smallest absolute Gasteiger partial charge is 0.411 e. The van der Waals surface area contributed by atoms with Gasteiger partial charge in [0.05, 0.1) is 7.11 Å². The number of carbonyl (C=O) groups excluding carboxylic acids is 2. The van der Waals surface area contributed by atoms with Gasteiger partial charge >= 0.3 is 6.09 Å². The molecule has 5 heteroatoms. The second kappa shape index (κ2) is 5.76. The van der Waals surface area contributed by atoms with E-state index in [1.807, 2.05) is 32.9 Å². The standard InChI is InChI=1S/C16H21NO4/c1-16(2,3)21-15(19)17-9-8-13(18)14(17)11-6-5-7-12(10-11)20-4/h5-7,10,14H,8-9H2,1-4H3. The molecule has 114 valence electrons. The molecule has 1 amide bonds. The Bertz CT molecular complexity index is 547. The van der Waals surface area contributed by atoms with Crippen molar-refractivity contribution >= 4 is 11.9 Å². The molecular weight excluding hydrogens is 270 g/mol. The molecule has 1 fully saturated rings. The summed E-state index contributed by atoms with van der Waals surface area (Å²) in [6.45, 7) is 5.81. The van der Waals surface area contributed by atoms with Crippen molar-refractivity contribution < 1.29 is 19.1 Å². The largest absolute Gasteiger partial charge is 0.497 e. The van der Waals surface area contributed by atoms with E-state index in [1.54, 1.807) is 19.2 Å². The van der Waals surface area contributed by atoms with Crippen LogP contribution in [0, 0.1) is 0 Å². The number of Topliss-reactive ketones (excluding diaryl/α,β-unsaturated/α-hetero) is 1. The number of likely N-dealkylation sites (tertiary alicyclic amines) is 1. The molecule has 5 nitrogen and oxygen atoms in total. The van der Waals surface area contributed by atoms with Crippen LogP contribution in [0.4, 0.5) is 4.79 Å². The lowest BCUT2D eigenvalue weighted by Crippen LogP contribution is -2.37. The Hall–Kier alpha value is -2.04. The van der Waals surface area contributed by atoms with Crippen molar-refractivity contribution in [3.8, 4) is 5.75 Å². The molecule has 0 aliphatic carbocycles. The third kappa shape index (κ3) is 3.54. The van der Waals surface area contributed by atoms with Crippen molar-refractivity contribution in [1.82, 2.24) is 4.90 Å². The van der Waals surface area contributed by atoms with Crippen molar-refractivity contribution in [2.24, 2.45) is 0 Å². The number of nitrogens with zero attached hydrogens (tertiary/aromatic N) is 1. The zero-order chi connectivity index (χ0) is 15.6. The summed E-state index contributed by atoms with van der Waals surface area (Å²) in [6, 6.07) is 6.64. The topological polar surface area (TPSA) is 55.8 Å². The zero-order valence-corrected chi connectivity index (χ0v) is 12.9. The lowest BCUT2D eigenvalue weighted by atomic mass is 10.0. The minimum absolute atomic E-state index is 0.0223. The molecule has 1 heterocycles. The molecule has 0 radical (unpaired) electrons. The summed E-state index contributed by atoms with van der Waals surface area (Å²) < 4.78 is 10.6. The Balaban J connectivity index is 2.26. The second-order valence-electron chi connectivity index (χ2n) is 6.07. The molecule has 21 heavy (non-hydrogen) atoms. The normalized spacial score (nSPS) is 18.8. The third-order valence-corrected chi connectivity index (χ3v) is 3.25. The first-order valence-corrected chi connectivity index (χ1v) is 6.98. The number of benzene rings is 1. The Kier molecular flexibility index (Phi) is 4.21. The predicted molar refractivity (Wildman–Crippen MR) is 78.3 cm³/mol. The predicted octanol–water partition coefficient (Wildman–Crippen LogP) is 2.95. The van der Waals surface area contributed by atoms with Gasteiger partial charge in [0.25, 0.3) is 0 Å². The molecular formula is C16H21NO4. The molecule has 1 aromatic carbocycles. The quantitative estimate of drug-likeness (QED) is 0.840. The number of ketones is 1. The fourth-order valence-corrected chi connectivity index (χ4v) is 2.36. The van der Waals surface area contributed by atoms with Gasteiger partial charge in [0.1, 0.15) is 17.4 Å². The van der Waals surface area contributed by atoms with E-state index >= 15 is 0 Å². The van der Waals surface area contributed by atoms with Gasteiger partial charge in [-0.25, -0.2) is 4.79 Å². The Morgan fingerprint density at radius 2 is 2.05 bits per heavy atom. The molecule has 1 saturated heterocycles. The van der Waals surface area contributed by atoms with Crippen LogP contribution in [-0.4, -0.2) is 36.0 Å². The van der Waals surface area contributed by atoms with Gasteiger partial charge in [0.2, 0.25) is 0 Å². The van der Waals surface area contributed by atoms with E-state index < -0.39 is 17.7 Å². The van der Waals surface area contributed by atoms with E-state index in [2.05, 4.69) is 0 Å². The first-order chi connectivity index (χ1) is 9.81. The Morgan fingerprint density at radius 1 is 1.33 bits per heavy atom.